The van der Waals surface area contributed by atoms with Crippen LogP contribution in [0.1, 0.15) is 77.0 Å². The summed E-state index contributed by atoms with van der Waals surface area (Å²) >= 11 is 0. The van der Waals surface area contributed by atoms with Gasteiger partial charge >= 0.3 is 6.09 Å². The zero-order chi connectivity index (χ0) is 25.5. The third-order valence-electron chi connectivity index (χ3n) is 5.87. The Bertz CT molecular complexity index is 861. The molecule has 4 N–H and O–H groups in total. The van der Waals surface area contributed by atoms with Crippen LogP contribution in [-0.4, -0.2) is 63.9 Å². The summed E-state index contributed by atoms with van der Waals surface area (Å²) in [4.78, 5) is 40.5. The molecule has 1 aliphatic rings. The fourth-order valence-corrected chi connectivity index (χ4v) is 4.18. The number of nitrogens with zero attached hydrogens (tertiary/aromatic N) is 1. The summed E-state index contributed by atoms with van der Waals surface area (Å²) in [6.45, 7) is 7.92. The molecule has 0 heterocycles. The number of phenols is 1. The van der Waals surface area contributed by atoms with Crippen molar-refractivity contribution in [2.75, 3.05) is 13.2 Å². The molecule has 190 valence electrons. The third-order valence-corrected chi connectivity index (χ3v) is 5.87. The molecule has 34 heavy (non-hydrogen) atoms. The van der Waals surface area contributed by atoms with Crippen molar-refractivity contribution in [1.29, 1.82) is 0 Å². The summed E-state index contributed by atoms with van der Waals surface area (Å²) in [5.41, 5.74) is 0.0763. The molecule has 0 spiro atoms. The lowest BCUT2D eigenvalue weighted by molar-refractivity contribution is -0.143. The van der Waals surface area contributed by atoms with E-state index in [1.165, 1.54) is 4.90 Å². The number of alkyl carbamates (subject to hydrolysis) is 1. The Morgan fingerprint density at radius 3 is 2.38 bits per heavy atom. The number of aliphatic hydroxyl groups excluding tert-OH is 1. The summed E-state index contributed by atoms with van der Waals surface area (Å²) in [7, 11) is 0. The first-order valence-corrected chi connectivity index (χ1v) is 12.0. The molecule has 0 bridgehead atoms. The maximum Gasteiger partial charge on any atom is 0.408 e. The predicted molar refractivity (Wildman–Crippen MR) is 128 cm³/mol. The molecular weight excluding hydrogens is 438 g/mol. The summed E-state index contributed by atoms with van der Waals surface area (Å²) in [6.07, 6.45) is 4.04. The van der Waals surface area contributed by atoms with Gasteiger partial charge in [-0.2, -0.15) is 0 Å². The topological polar surface area (TPSA) is 128 Å². The van der Waals surface area contributed by atoms with Crippen molar-refractivity contribution in [3.63, 3.8) is 0 Å². The largest absolute Gasteiger partial charge is 0.507 e. The van der Waals surface area contributed by atoms with Gasteiger partial charge in [-0.1, -0.05) is 37.5 Å². The van der Waals surface area contributed by atoms with E-state index < -0.39 is 42.2 Å². The van der Waals surface area contributed by atoms with Gasteiger partial charge in [-0.3, -0.25) is 9.59 Å². The number of aliphatic hydroxyl groups is 1. The Morgan fingerprint density at radius 2 is 1.82 bits per heavy atom. The second-order valence-corrected chi connectivity index (χ2v) is 9.76. The molecule has 0 aliphatic heterocycles. The number of benzene rings is 1. The van der Waals surface area contributed by atoms with Crippen molar-refractivity contribution in [2.24, 2.45) is 0 Å². The number of rotatable bonds is 8. The highest BCUT2D eigenvalue weighted by Gasteiger charge is 2.37. The molecule has 1 fully saturated rings. The zero-order valence-electron chi connectivity index (χ0n) is 20.9. The van der Waals surface area contributed by atoms with Crippen LogP contribution in [0.15, 0.2) is 18.2 Å². The van der Waals surface area contributed by atoms with Gasteiger partial charge in [0.25, 0.3) is 0 Å². The fourth-order valence-electron chi connectivity index (χ4n) is 4.18. The number of para-hydroxylation sites is 1. The number of hydrogen-bond donors (Lipinski definition) is 4. The molecule has 1 aromatic rings. The van der Waals surface area contributed by atoms with E-state index in [0.717, 1.165) is 32.1 Å². The van der Waals surface area contributed by atoms with E-state index in [0.29, 0.717) is 5.56 Å². The van der Waals surface area contributed by atoms with Crippen LogP contribution in [0.3, 0.4) is 0 Å². The van der Waals surface area contributed by atoms with Crippen molar-refractivity contribution < 1.29 is 29.3 Å². The average molecular weight is 478 g/mol. The van der Waals surface area contributed by atoms with Crippen LogP contribution in [-0.2, 0) is 14.3 Å². The summed E-state index contributed by atoms with van der Waals surface area (Å²) in [6, 6.07) is 2.59. The van der Waals surface area contributed by atoms with E-state index in [4.69, 9.17) is 4.74 Å². The summed E-state index contributed by atoms with van der Waals surface area (Å²) in [5, 5.41) is 26.1. The predicted octanol–water partition coefficient (Wildman–Crippen LogP) is 2.92. The van der Waals surface area contributed by atoms with Gasteiger partial charge in [0.05, 0.1) is 6.61 Å². The molecule has 3 amide bonds. The van der Waals surface area contributed by atoms with Gasteiger partial charge in [0.15, 0.2) is 0 Å². The molecule has 2 unspecified atom stereocenters. The number of nitrogens with one attached hydrogen (secondary N) is 2. The number of carbonyl (C=O) groups is 3. The molecule has 0 radical (unpaired) electrons. The lowest BCUT2D eigenvalue weighted by Crippen LogP contribution is -2.55. The van der Waals surface area contributed by atoms with Gasteiger partial charge in [0.1, 0.15) is 23.4 Å². The standard InChI is InChI=1S/C25H39N3O6/c1-6-28(23(32)19(15-29)27-24(33)34-25(3,4)5)20(18-14-10-11-16(2)21(18)30)22(31)26-17-12-8-7-9-13-17/h10-11,14,17,19-20,29-30H,6-9,12-13,15H2,1-5H3,(H,26,31)(H,27,33). The first kappa shape index (κ1) is 27.4. The van der Waals surface area contributed by atoms with Crippen LogP contribution < -0.4 is 10.6 Å². The number of carbonyl (C=O) groups excluding carboxylic acids is 3. The summed E-state index contributed by atoms with van der Waals surface area (Å²) in [5.74, 6) is -1.13. The van der Waals surface area contributed by atoms with Crippen LogP contribution in [0, 0.1) is 6.92 Å². The Labute approximate surface area is 201 Å². The molecule has 1 aliphatic carbocycles. The van der Waals surface area contributed by atoms with Crippen LogP contribution in [0.25, 0.3) is 0 Å². The minimum absolute atomic E-state index is 0.00182. The van der Waals surface area contributed by atoms with Gasteiger partial charge in [-0.25, -0.2) is 4.79 Å². The van der Waals surface area contributed by atoms with Gasteiger partial charge in [0.2, 0.25) is 11.8 Å². The first-order chi connectivity index (χ1) is 16.0. The lowest BCUT2D eigenvalue weighted by Gasteiger charge is -2.35. The molecule has 2 atom stereocenters. The van der Waals surface area contributed by atoms with E-state index in [2.05, 4.69) is 10.6 Å². The van der Waals surface area contributed by atoms with E-state index in [1.807, 2.05) is 0 Å². The Hall–Kier alpha value is -2.81. The van der Waals surface area contributed by atoms with Gasteiger partial charge in [0, 0.05) is 18.2 Å². The van der Waals surface area contributed by atoms with E-state index in [1.54, 1.807) is 52.8 Å². The highest BCUT2D eigenvalue weighted by molar-refractivity contribution is 5.92. The molecular formula is C25H39N3O6. The molecule has 2 rings (SSSR count). The van der Waals surface area contributed by atoms with E-state index in [-0.39, 0.29) is 23.9 Å². The van der Waals surface area contributed by atoms with Gasteiger partial charge < -0.3 is 30.5 Å². The van der Waals surface area contributed by atoms with Gasteiger partial charge in [-0.05, 0) is 53.0 Å². The van der Waals surface area contributed by atoms with Crippen molar-refractivity contribution in [3.05, 3.63) is 29.3 Å². The Kier molecular flexibility index (Phi) is 9.73. The number of aromatic hydroxyl groups is 1. The average Bonchev–Trinajstić information content (AvgIpc) is 2.77. The number of ether oxygens (including phenoxy) is 1. The Morgan fingerprint density at radius 1 is 1.18 bits per heavy atom. The van der Waals surface area contributed by atoms with E-state index >= 15 is 0 Å². The molecule has 0 saturated heterocycles. The maximum atomic E-state index is 13.5. The smallest absolute Gasteiger partial charge is 0.408 e. The molecule has 1 aromatic carbocycles. The van der Waals surface area contributed by atoms with Crippen molar-refractivity contribution >= 4 is 17.9 Å². The zero-order valence-corrected chi connectivity index (χ0v) is 20.9. The molecule has 0 aromatic heterocycles. The lowest BCUT2D eigenvalue weighted by atomic mass is 9.94. The quantitative estimate of drug-likeness (QED) is 0.456. The minimum atomic E-state index is -1.31. The number of phenolic OH excluding ortho intramolecular Hbond substituents is 1. The van der Waals surface area contributed by atoms with Crippen LogP contribution in [0.2, 0.25) is 0 Å². The van der Waals surface area contributed by atoms with Crippen LogP contribution in [0.4, 0.5) is 4.79 Å². The monoisotopic (exact) mass is 477 g/mol. The van der Waals surface area contributed by atoms with Crippen molar-refractivity contribution in [2.45, 2.75) is 90.4 Å². The number of hydrogen-bond acceptors (Lipinski definition) is 6. The second kappa shape index (κ2) is 12.1. The molecule has 9 nitrogen and oxygen atoms in total. The SMILES string of the molecule is CCN(C(=O)C(CO)NC(=O)OC(C)(C)C)C(C(=O)NC1CCCCC1)c1cccc(C)c1O. The fraction of sp³-hybridized carbons (Fsp3) is 0.640. The molecule has 9 heteroatoms. The molecule has 1 saturated carbocycles. The number of likely N-dealkylation sites (N-methyl/N-ethyl adjacent to an activating group) is 1. The first-order valence-electron chi connectivity index (χ1n) is 12.0. The van der Waals surface area contributed by atoms with E-state index in [9.17, 15) is 24.6 Å². The highest BCUT2D eigenvalue weighted by atomic mass is 16.6. The van der Waals surface area contributed by atoms with Crippen molar-refractivity contribution in [1.82, 2.24) is 15.5 Å². The van der Waals surface area contributed by atoms with Crippen LogP contribution >= 0.6 is 0 Å². The van der Waals surface area contributed by atoms with Crippen LogP contribution in [0.5, 0.6) is 5.75 Å². The number of aryl methyl sites for hydroxylation is 1. The van der Waals surface area contributed by atoms with Gasteiger partial charge in [-0.15, -0.1) is 0 Å². The Balaban J connectivity index is 2.36. The maximum absolute atomic E-state index is 13.5. The number of amides is 3. The second-order valence-electron chi connectivity index (χ2n) is 9.76. The summed E-state index contributed by atoms with van der Waals surface area (Å²) < 4.78 is 5.21. The minimum Gasteiger partial charge on any atom is -0.507 e. The normalized spacial score (nSPS) is 16.3. The van der Waals surface area contributed by atoms with Crippen molar-refractivity contribution in [3.8, 4) is 5.75 Å². The third kappa shape index (κ3) is 7.35. The highest BCUT2D eigenvalue weighted by Crippen LogP contribution is 2.32.